The van der Waals surface area contributed by atoms with Crippen molar-refractivity contribution in [1.82, 2.24) is 0 Å². The smallest absolute Gasteiger partial charge is 0.261 e. The molecule has 0 saturated heterocycles. The number of nitrogens with one attached hydrogen (secondary N) is 1. The molecule has 0 aromatic heterocycles. The van der Waals surface area contributed by atoms with E-state index in [2.05, 4.69) is 4.72 Å². The number of hydrogen-bond acceptors (Lipinski definition) is 4. The summed E-state index contributed by atoms with van der Waals surface area (Å²) in [5, 5.41) is -0.0333. The summed E-state index contributed by atoms with van der Waals surface area (Å²) in [6.45, 7) is 3.54. The van der Waals surface area contributed by atoms with E-state index in [0.29, 0.717) is 0 Å². The Kier molecular flexibility index (Phi) is 5.11. The van der Waals surface area contributed by atoms with E-state index >= 15 is 0 Å². The summed E-state index contributed by atoms with van der Waals surface area (Å²) in [5.41, 5.74) is 0.117. The number of benzene rings is 1. The molecule has 1 N–H and O–H groups in total. The molecule has 0 spiro atoms. The predicted molar refractivity (Wildman–Crippen MR) is 76.7 cm³/mol. The minimum absolute atomic E-state index is 0.0333. The topological polar surface area (TPSA) is 80.3 Å². The Morgan fingerprint density at radius 1 is 1.21 bits per heavy atom. The van der Waals surface area contributed by atoms with E-state index in [-0.39, 0.29) is 27.3 Å². The Morgan fingerprint density at radius 3 is 2.21 bits per heavy atom. The SMILES string of the molecule is CC(C)CS(=O)(=O)Nc1ccc(S(=O)(=O)Cl)cc1Cl. The van der Waals surface area contributed by atoms with Crippen LogP contribution in [0.1, 0.15) is 13.8 Å². The molecule has 9 heteroatoms. The van der Waals surface area contributed by atoms with Crippen LogP contribution < -0.4 is 4.72 Å². The fourth-order valence-corrected chi connectivity index (χ4v) is 3.98. The Labute approximate surface area is 122 Å². The van der Waals surface area contributed by atoms with E-state index in [1.165, 1.54) is 12.1 Å². The maximum atomic E-state index is 11.7. The van der Waals surface area contributed by atoms with Gasteiger partial charge in [-0.1, -0.05) is 25.4 Å². The van der Waals surface area contributed by atoms with Crippen LogP contribution in [0.15, 0.2) is 23.1 Å². The fraction of sp³-hybridized carbons (Fsp3) is 0.400. The van der Waals surface area contributed by atoms with Gasteiger partial charge in [0.1, 0.15) is 0 Å². The largest absolute Gasteiger partial charge is 0.282 e. The number of sulfonamides is 1. The molecule has 0 unspecified atom stereocenters. The van der Waals surface area contributed by atoms with Crippen molar-refractivity contribution in [3.8, 4) is 0 Å². The van der Waals surface area contributed by atoms with Crippen molar-refractivity contribution in [1.29, 1.82) is 0 Å². The highest BCUT2D eigenvalue weighted by Crippen LogP contribution is 2.27. The molecule has 1 rings (SSSR count). The standard InChI is InChI=1S/C10H13Cl2NO4S2/c1-7(2)6-18(14,15)13-10-4-3-8(5-9(10)11)19(12,16)17/h3-5,7,13H,6H2,1-2H3. The third kappa shape index (κ3) is 5.18. The summed E-state index contributed by atoms with van der Waals surface area (Å²) < 4.78 is 48.0. The highest BCUT2D eigenvalue weighted by Gasteiger charge is 2.17. The highest BCUT2D eigenvalue weighted by atomic mass is 35.7. The zero-order valence-electron chi connectivity index (χ0n) is 10.2. The molecule has 0 heterocycles. The van der Waals surface area contributed by atoms with Gasteiger partial charge in [-0.3, -0.25) is 4.72 Å². The molecule has 19 heavy (non-hydrogen) atoms. The molecular formula is C10H13Cl2NO4S2. The average Bonchev–Trinajstić information content (AvgIpc) is 2.16. The second-order valence-electron chi connectivity index (χ2n) is 4.36. The summed E-state index contributed by atoms with van der Waals surface area (Å²) >= 11 is 5.83. The second kappa shape index (κ2) is 5.87. The maximum Gasteiger partial charge on any atom is 0.261 e. The number of halogens is 2. The van der Waals surface area contributed by atoms with Crippen molar-refractivity contribution in [3.63, 3.8) is 0 Å². The summed E-state index contributed by atoms with van der Waals surface area (Å²) in [6.07, 6.45) is 0. The lowest BCUT2D eigenvalue weighted by atomic mass is 10.3. The van der Waals surface area contributed by atoms with Crippen molar-refractivity contribution in [2.75, 3.05) is 10.5 Å². The Bertz CT molecular complexity index is 669. The fourth-order valence-electron chi connectivity index (χ4n) is 1.38. The molecule has 0 aliphatic heterocycles. The van der Waals surface area contributed by atoms with Gasteiger partial charge in [-0.15, -0.1) is 0 Å². The zero-order valence-corrected chi connectivity index (χ0v) is 13.4. The van der Waals surface area contributed by atoms with Gasteiger partial charge in [0.25, 0.3) is 9.05 Å². The summed E-state index contributed by atoms with van der Waals surface area (Å²) in [7, 11) is -2.26. The molecule has 5 nitrogen and oxygen atoms in total. The molecule has 1 aromatic carbocycles. The molecule has 0 aliphatic carbocycles. The van der Waals surface area contributed by atoms with Crippen LogP contribution in [0.4, 0.5) is 5.69 Å². The molecule has 108 valence electrons. The molecule has 0 aliphatic rings. The minimum Gasteiger partial charge on any atom is -0.282 e. The summed E-state index contributed by atoms with van der Waals surface area (Å²) in [5.74, 6) is -0.0995. The van der Waals surface area contributed by atoms with E-state index in [0.717, 1.165) is 6.07 Å². The molecule has 0 saturated carbocycles. The third-order valence-corrected chi connectivity index (χ3v) is 5.34. The molecule has 1 aromatic rings. The van der Waals surface area contributed by atoms with Crippen LogP contribution in [0.3, 0.4) is 0 Å². The van der Waals surface area contributed by atoms with Crippen LogP contribution in [0, 0.1) is 5.92 Å². The lowest BCUT2D eigenvalue weighted by Gasteiger charge is -2.11. The zero-order chi connectivity index (χ0) is 14.8. The Hall–Kier alpha value is -0.500. The first kappa shape index (κ1) is 16.6. The van der Waals surface area contributed by atoms with E-state index in [1.54, 1.807) is 13.8 Å². The Balaban J connectivity index is 3.06. The van der Waals surface area contributed by atoms with Crippen molar-refractivity contribution in [3.05, 3.63) is 23.2 Å². The van der Waals surface area contributed by atoms with E-state index in [9.17, 15) is 16.8 Å². The lowest BCUT2D eigenvalue weighted by Crippen LogP contribution is -2.20. The van der Waals surface area contributed by atoms with Gasteiger partial charge in [0.15, 0.2) is 0 Å². The van der Waals surface area contributed by atoms with Crippen LogP contribution in [0.5, 0.6) is 0 Å². The van der Waals surface area contributed by atoms with Gasteiger partial charge in [0, 0.05) is 10.7 Å². The van der Waals surface area contributed by atoms with Gasteiger partial charge >= 0.3 is 0 Å². The van der Waals surface area contributed by atoms with Gasteiger partial charge in [-0.25, -0.2) is 16.8 Å². The monoisotopic (exact) mass is 345 g/mol. The normalized spacial score (nSPS) is 12.7. The van der Waals surface area contributed by atoms with Crippen molar-refractivity contribution < 1.29 is 16.8 Å². The lowest BCUT2D eigenvalue weighted by molar-refractivity contribution is 0.587. The third-order valence-electron chi connectivity index (χ3n) is 2.04. The van der Waals surface area contributed by atoms with Gasteiger partial charge in [0.05, 0.1) is 21.4 Å². The van der Waals surface area contributed by atoms with E-state index in [1.807, 2.05) is 0 Å². The number of hydrogen-bond donors (Lipinski definition) is 1. The average molecular weight is 346 g/mol. The van der Waals surface area contributed by atoms with Crippen LogP contribution in [0.2, 0.25) is 5.02 Å². The van der Waals surface area contributed by atoms with Gasteiger partial charge in [0.2, 0.25) is 10.0 Å². The highest BCUT2D eigenvalue weighted by molar-refractivity contribution is 8.13. The molecule has 0 atom stereocenters. The predicted octanol–water partition coefficient (Wildman–Crippen LogP) is 2.67. The maximum absolute atomic E-state index is 11.7. The first-order valence-corrected chi connectivity index (χ1v) is 9.60. The first-order valence-electron chi connectivity index (χ1n) is 5.26. The molecule has 0 radical (unpaired) electrons. The molecule has 0 bridgehead atoms. The number of anilines is 1. The van der Waals surface area contributed by atoms with Crippen LogP contribution >= 0.6 is 22.3 Å². The number of rotatable bonds is 5. The van der Waals surface area contributed by atoms with Crippen LogP contribution in [0.25, 0.3) is 0 Å². The van der Waals surface area contributed by atoms with Crippen LogP contribution in [-0.4, -0.2) is 22.6 Å². The van der Waals surface area contributed by atoms with Gasteiger partial charge < -0.3 is 0 Å². The second-order valence-corrected chi connectivity index (χ2v) is 9.10. The summed E-state index contributed by atoms with van der Waals surface area (Å²) in [6, 6.07) is 3.54. The van der Waals surface area contributed by atoms with Crippen molar-refractivity contribution in [2.45, 2.75) is 18.7 Å². The Morgan fingerprint density at radius 2 is 1.79 bits per heavy atom. The molecule has 0 fully saturated rings. The van der Waals surface area contributed by atoms with E-state index in [4.69, 9.17) is 22.3 Å². The van der Waals surface area contributed by atoms with E-state index < -0.39 is 19.1 Å². The molecular weight excluding hydrogens is 333 g/mol. The van der Waals surface area contributed by atoms with Gasteiger partial charge in [-0.05, 0) is 24.1 Å². The van der Waals surface area contributed by atoms with Gasteiger partial charge in [-0.2, -0.15) is 0 Å². The van der Waals surface area contributed by atoms with Crippen LogP contribution in [-0.2, 0) is 19.1 Å². The van der Waals surface area contributed by atoms with Crippen molar-refractivity contribution in [2.24, 2.45) is 5.92 Å². The minimum atomic E-state index is -3.89. The van der Waals surface area contributed by atoms with Crippen molar-refractivity contribution >= 4 is 47.0 Å². The summed E-state index contributed by atoms with van der Waals surface area (Å²) in [4.78, 5) is -0.189. The quantitative estimate of drug-likeness (QED) is 0.831. The molecule has 0 amide bonds. The first-order chi connectivity index (χ1) is 8.51.